The summed E-state index contributed by atoms with van der Waals surface area (Å²) in [7, 11) is -3.59. The molecule has 3 rings (SSSR count). The molecule has 1 aliphatic rings. The van der Waals surface area contributed by atoms with Gasteiger partial charge in [0.05, 0.1) is 20.6 Å². The van der Waals surface area contributed by atoms with Crippen LogP contribution in [0.5, 0.6) is 0 Å². The summed E-state index contributed by atoms with van der Waals surface area (Å²) in [6.45, 7) is 3.08. The van der Waals surface area contributed by atoms with Crippen molar-refractivity contribution >= 4 is 44.8 Å². The van der Waals surface area contributed by atoms with Crippen molar-refractivity contribution in [2.24, 2.45) is 0 Å². The molecule has 2 aromatic carbocycles. The first-order valence-electron chi connectivity index (χ1n) is 9.40. The average Bonchev–Trinajstić information content (AvgIpc) is 2.76. The highest BCUT2D eigenvalue weighted by molar-refractivity contribution is 7.89. The molecule has 1 amide bonds. The van der Waals surface area contributed by atoms with E-state index >= 15 is 0 Å². The number of hydrogen-bond donors (Lipinski definition) is 1. The first-order valence-corrected chi connectivity index (χ1v) is 11.6. The number of hydrogen-bond acceptors (Lipinski definition) is 5. The Morgan fingerprint density at radius 3 is 2.35 bits per heavy atom. The maximum absolute atomic E-state index is 12.8. The molecule has 1 aliphatic heterocycles. The van der Waals surface area contributed by atoms with Crippen molar-refractivity contribution in [3.05, 3.63) is 69.8 Å². The summed E-state index contributed by atoms with van der Waals surface area (Å²) in [5.74, 6) is -0.624. The number of amides is 1. The summed E-state index contributed by atoms with van der Waals surface area (Å²) in [5.41, 5.74) is 1.16. The maximum atomic E-state index is 12.8. The van der Waals surface area contributed by atoms with Crippen molar-refractivity contribution in [3.63, 3.8) is 0 Å². The Balaban J connectivity index is 1.66. The van der Waals surface area contributed by atoms with Gasteiger partial charge in [0.15, 0.2) is 0 Å². The molecule has 0 bridgehead atoms. The molecular formula is C21H20Cl2N4O3S. The predicted molar refractivity (Wildman–Crippen MR) is 120 cm³/mol. The summed E-state index contributed by atoms with van der Waals surface area (Å²) in [4.78, 5) is 14.5. The predicted octanol–water partition coefficient (Wildman–Crippen LogP) is 3.65. The quantitative estimate of drug-likeness (QED) is 0.522. The van der Waals surface area contributed by atoms with E-state index < -0.39 is 15.9 Å². The number of carbonyl (C=O) groups is 1. The number of halogens is 2. The Kier molecular flexibility index (Phi) is 7.23. The lowest BCUT2D eigenvalue weighted by Crippen LogP contribution is -2.46. The van der Waals surface area contributed by atoms with Crippen LogP contribution in [0.4, 0.5) is 5.69 Å². The van der Waals surface area contributed by atoms with Gasteiger partial charge in [0.25, 0.3) is 5.91 Å². The number of sulfonamides is 1. The molecule has 162 valence electrons. The van der Waals surface area contributed by atoms with Gasteiger partial charge in [-0.05, 0) is 31.2 Å². The lowest BCUT2D eigenvalue weighted by atomic mass is 10.2. The SMILES string of the molecule is Cc1ccc(S(=O)(=O)N2CCN(/C=C(/C#N)C(=O)Nc3cccc(Cl)c3Cl)CC2)cc1. The molecule has 1 saturated heterocycles. The number of rotatable bonds is 5. The van der Waals surface area contributed by atoms with Crippen molar-refractivity contribution in [2.75, 3.05) is 31.5 Å². The van der Waals surface area contributed by atoms with Crippen LogP contribution in [0.2, 0.25) is 10.0 Å². The summed E-state index contributed by atoms with van der Waals surface area (Å²) in [5, 5.41) is 12.5. The van der Waals surface area contributed by atoms with E-state index in [0.717, 1.165) is 5.56 Å². The molecule has 1 heterocycles. The zero-order valence-electron chi connectivity index (χ0n) is 16.7. The van der Waals surface area contributed by atoms with Crippen molar-refractivity contribution in [3.8, 4) is 6.07 Å². The molecule has 0 spiro atoms. The highest BCUT2D eigenvalue weighted by atomic mass is 35.5. The molecule has 0 radical (unpaired) electrons. The fourth-order valence-corrected chi connectivity index (χ4v) is 4.81. The fraction of sp³-hybridized carbons (Fsp3) is 0.238. The number of anilines is 1. The van der Waals surface area contributed by atoms with E-state index in [2.05, 4.69) is 5.32 Å². The normalized spacial score (nSPS) is 15.4. The molecule has 0 saturated carbocycles. The molecule has 0 atom stereocenters. The monoisotopic (exact) mass is 478 g/mol. The number of benzene rings is 2. The molecule has 7 nitrogen and oxygen atoms in total. The molecule has 0 aliphatic carbocycles. The van der Waals surface area contributed by atoms with Crippen LogP contribution in [0.3, 0.4) is 0 Å². The lowest BCUT2D eigenvalue weighted by Gasteiger charge is -2.33. The molecule has 10 heteroatoms. The van der Waals surface area contributed by atoms with Crippen molar-refractivity contribution in [2.45, 2.75) is 11.8 Å². The standard InChI is InChI=1S/C21H20Cl2N4O3S/c1-15-5-7-17(8-6-15)31(29,30)27-11-9-26(10-12-27)14-16(13-24)21(28)25-19-4-2-3-18(22)20(19)23/h2-8,14H,9-12H2,1H3,(H,25,28)/b16-14-. The lowest BCUT2D eigenvalue weighted by molar-refractivity contribution is -0.112. The van der Waals surface area contributed by atoms with E-state index in [-0.39, 0.29) is 33.6 Å². The van der Waals surface area contributed by atoms with Crippen molar-refractivity contribution in [1.82, 2.24) is 9.21 Å². The molecule has 0 unspecified atom stereocenters. The summed E-state index contributed by atoms with van der Waals surface area (Å²) in [6, 6.07) is 13.4. The smallest absolute Gasteiger partial charge is 0.267 e. The van der Waals surface area contributed by atoms with Gasteiger partial charge in [-0.15, -0.1) is 0 Å². The van der Waals surface area contributed by atoms with E-state index in [9.17, 15) is 18.5 Å². The highest BCUT2D eigenvalue weighted by Gasteiger charge is 2.28. The summed E-state index contributed by atoms with van der Waals surface area (Å²) < 4.78 is 27.0. The van der Waals surface area contributed by atoms with Gasteiger partial charge in [-0.3, -0.25) is 4.79 Å². The van der Waals surface area contributed by atoms with Gasteiger partial charge in [-0.2, -0.15) is 9.57 Å². The molecule has 2 aromatic rings. The first-order chi connectivity index (χ1) is 14.7. The van der Waals surface area contributed by atoms with Crippen LogP contribution >= 0.6 is 23.2 Å². The van der Waals surface area contributed by atoms with Gasteiger partial charge < -0.3 is 10.2 Å². The number of nitrogens with zero attached hydrogens (tertiary/aromatic N) is 3. The second kappa shape index (κ2) is 9.71. The van der Waals surface area contributed by atoms with E-state index in [1.807, 2.05) is 13.0 Å². The van der Waals surface area contributed by atoms with Gasteiger partial charge in [0.1, 0.15) is 11.6 Å². The highest BCUT2D eigenvalue weighted by Crippen LogP contribution is 2.29. The minimum absolute atomic E-state index is 0.120. The van der Waals surface area contributed by atoms with Crippen LogP contribution in [-0.4, -0.2) is 49.7 Å². The number of piperazine rings is 1. The number of nitriles is 1. The number of nitrogens with one attached hydrogen (secondary N) is 1. The molecule has 1 fully saturated rings. The second-order valence-corrected chi connectivity index (χ2v) is 9.69. The van der Waals surface area contributed by atoms with E-state index in [1.165, 1.54) is 10.5 Å². The van der Waals surface area contributed by atoms with E-state index in [1.54, 1.807) is 47.4 Å². The third-order valence-electron chi connectivity index (χ3n) is 4.81. The maximum Gasteiger partial charge on any atom is 0.267 e. The van der Waals surface area contributed by atoms with E-state index in [0.29, 0.717) is 18.8 Å². The second-order valence-electron chi connectivity index (χ2n) is 6.96. The molecule has 31 heavy (non-hydrogen) atoms. The summed E-state index contributed by atoms with van der Waals surface area (Å²) in [6.07, 6.45) is 1.43. The van der Waals surface area contributed by atoms with Crippen LogP contribution in [0.1, 0.15) is 5.56 Å². The molecular weight excluding hydrogens is 459 g/mol. The third kappa shape index (κ3) is 5.38. The third-order valence-corrected chi connectivity index (χ3v) is 7.54. The van der Waals surface area contributed by atoms with Crippen LogP contribution in [-0.2, 0) is 14.8 Å². The van der Waals surface area contributed by atoms with Crippen LogP contribution in [0, 0.1) is 18.3 Å². The zero-order valence-corrected chi connectivity index (χ0v) is 19.0. The zero-order chi connectivity index (χ0) is 22.6. The van der Waals surface area contributed by atoms with Gasteiger partial charge in [-0.1, -0.05) is 47.0 Å². The average molecular weight is 479 g/mol. The number of carbonyl (C=O) groups excluding carboxylic acids is 1. The van der Waals surface area contributed by atoms with Gasteiger partial charge in [-0.25, -0.2) is 8.42 Å². The van der Waals surface area contributed by atoms with E-state index in [4.69, 9.17) is 23.2 Å². The van der Waals surface area contributed by atoms with Crippen LogP contribution in [0.15, 0.2) is 59.1 Å². The largest absolute Gasteiger partial charge is 0.373 e. The Bertz CT molecular complexity index is 1150. The van der Waals surface area contributed by atoms with Gasteiger partial charge in [0.2, 0.25) is 10.0 Å². The first kappa shape index (κ1) is 23.1. The number of aryl methyl sites for hydroxylation is 1. The van der Waals surface area contributed by atoms with Gasteiger partial charge in [0, 0.05) is 32.4 Å². The minimum atomic E-state index is -3.59. The fourth-order valence-electron chi connectivity index (χ4n) is 3.04. The van der Waals surface area contributed by atoms with Crippen molar-refractivity contribution in [1.29, 1.82) is 5.26 Å². The topological polar surface area (TPSA) is 93.5 Å². The minimum Gasteiger partial charge on any atom is -0.373 e. The Morgan fingerprint density at radius 1 is 1.10 bits per heavy atom. The Morgan fingerprint density at radius 2 is 1.74 bits per heavy atom. The Labute approximate surface area is 191 Å². The van der Waals surface area contributed by atoms with Gasteiger partial charge >= 0.3 is 0 Å². The summed E-state index contributed by atoms with van der Waals surface area (Å²) >= 11 is 12.0. The van der Waals surface area contributed by atoms with Crippen molar-refractivity contribution < 1.29 is 13.2 Å². The molecule has 1 N–H and O–H groups in total. The van der Waals surface area contributed by atoms with Crippen LogP contribution < -0.4 is 5.32 Å². The van der Waals surface area contributed by atoms with Crippen LogP contribution in [0.25, 0.3) is 0 Å². The molecule has 0 aromatic heterocycles. The Hall–Kier alpha value is -2.57.